The third kappa shape index (κ3) is 5.45. The normalized spacial score (nSPS) is 11.9. The average Bonchev–Trinajstić information content (AvgIpc) is 3.11. The van der Waals surface area contributed by atoms with Crippen LogP contribution in [0, 0.1) is 0 Å². The predicted octanol–water partition coefficient (Wildman–Crippen LogP) is 9.28. The molecule has 0 fully saturated rings. The van der Waals surface area contributed by atoms with Crippen LogP contribution in [0.3, 0.4) is 0 Å². The molecule has 6 rings (SSSR count). The predicted molar refractivity (Wildman–Crippen MR) is 178 cm³/mol. The van der Waals surface area contributed by atoms with Crippen molar-refractivity contribution in [2.75, 3.05) is 21.3 Å². The number of methoxy groups -OCH3 is 3. The lowest BCUT2D eigenvalue weighted by molar-refractivity contribution is 0.414. The minimum absolute atomic E-state index is 0.0734. The third-order valence-corrected chi connectivity index (χ3v) is 8.51. The molecule has 6 aromatic rings. The molecule has 3 nitrogen and oxygen atoms in total. The molecule has 1 unspecified atom stereocenters. The summed E-state index contributed by atoms with van der Waals surface area (Å²) in [6, 6.07) is 55.8. The SMILES string of the molecule is COc1ccc(C(c2ccccc2)c2ccc(C(c3ccccc3)(c3ccc(OC)cc3)c3ccc(OC)cc3)cc2)cc1. The Morgan fingerprint density at radius 2 is 0.636 bits per heavy atom. The largest absolute Gasteiger partial charge is 0.497 e. The van der Waals surface area contributed by atoms with E-state index in [4.69, 9.17) is 14.2 Å². The first-order chi connectivity index (χ1) is 21.7. The van der Waals surface area contributed by atoms with Crippen molar-refractivity contribution in [1.29, 1.82) is 0 Å². The molecule has 0 aliphatic carbocycles. The zero-order valence-electron chi connectivity index (χ0n) is 25.3. The van der Waals surface area contributed by atoms with Gasteiger partial charge in [-0.25, -0.2) is 0 Å². The van der Waals surface area contributed by atoms with Gasteiger partial charge >= 0.3 is 0 Å². The molecule has 0 heterocycles. The van der Waals surface area contributed by atoms with Gasteiger partial charge in [-0.3, -0.25) is 0 Å². The molecule has 0 radical (unpaired) electrons. The summed E-state index contributed by atoms with van der Waals surface area (Å²) in [6.45, 7) is 0. The van der Waals surface area contributed by atoms with E-state index in [0.29, 0.717) is 0 Å². The molecule has 0 saturated heterocycles. The zero-order chi connectivity index (χ0) is 30.4. The van der Waals surface area contributed by atoms with Crippen molar-refractivity contribution >= 4 is 0 Å². The number of hydrogen-bond acceptors (Lipinski definition) is 3. The van der Waals surface area contributed by atoms with Crippen LogP contribution in [0.15, 0.2) is 158 Å². The molecular weight excluding hydrogens is 540 g/mol. The number of rotatable bonds is 10. The smallest absolute Gasteiger partial charge is 0.118 e. The lowest BCUT2D eigenvalue weighted by atomic mass is 9.65. The molecule has 0 amide bonds. The Kier molecular flexibility index (Phi) is 8.47. The Labute approximate surface area is 260 Å². The van der Waals surface area contributed by atoms with E-state index in [1.165, 1.54) is 27.8 Å². The lowest BCUT2D eigenvalue weighted by Crippen LogP contribution is -2.31. The van der Waals surface area contributed by atoms with Crippen molar-refractivity contribution in [2.24, 2.45) is 0 Å². The summed E-state index contributed by atoms with van der Waals surface area (Å²) in [5, 5.41) is 0. The minimum Gasteiger partial charge on any atom is -0.497 e. The standard InChI is InChI=1S/C41H36O3/c1-42-37-24-16-32(17-25-37)40(30-10-6-4-7-11-30)31-14-18-34(19-15-31)41(33-12-8-5-9-13-33,35-20-26-38(43-2)27-21-35)36-22-28-39(44-3)29-23-36/h4-29,40H,1-3H3. The van der Waals surface area contributed by atoms with Crippen LogP contribution in [-0.2, 0) is 5.41 Å². The van der Waals surface area contributed by atoms with Crippen LogP contribution >= 0.6 is 0 Å². The van der Waals surface area contributed by atoms with E-state index < -0.39 is 5.41 Å². The molecule has 44 heavy (non-hydrogen) atoms. The molecule has 0 N–H and O–H groups in total. The van der Waals surface area contributed by atoms with Crippen LogP contribution < -0.4 is 14.2 Å². The number of ether oxygens (including phenoxy) is 3. The van der Waals surface area contributed by atoms with Gasteiger partial charge in [-0.2, -0.15) is 0 Å². The Hall–Kier alpha value is -5.28. The second-order valence-corrected chi connectivity index (χ2v) is 10.8. The highest BCUT2D eigenvalue weighted by Crippen LogP contribution is 2.46. The summed E-state index contributed by atoms with van der Waals surface area (Å²) in [7, 11) is 5.11. The first-order valence-electron chi connectivity index (χ1n) is 14.8. The summed E-state index contributed by atoms with van der Waals surface area (Å²) in [6.07, 6.45) is 0. The Bertz CT molecular complexity index is 1710. The van der Waals surface area contributed by atoms with Gasteiger partial charge in [0.15, 0.2) is 0 Å². The maximum atomic E-state index is 5.55. The minimum atomic E-state index is -0.583. The summed E-state index contributed by atoms with van der Waals surface area (Å²) >= 11 is 0. The first kappa shape index (κ1) is 28.8. The fourth-order valence-electron chi connectivity index (χ4n) is 6.31. The third-order valence-electron chi connectivity index (χ3n) is 8.51. The molecule has 0 spiro atoms. The van der Waals surface area contributed by atoms with Gasteiger partial charge in [0.05, 0.1) is 26.7 Å². The Morgan fingerprint density at radius 1 is 0.341 bits per heavy atom. The van der Waals surface area contributed by atoms with Crippen molar-refractivity contribution in [3.05, 3.63) is 197 Å². The molecule has 0 bridgehead atoms. The van der Waals surface area contributed by atoms with Gasteiger partial charge in [-0.1, -0.05) is 121 Å². The number of hydrogen-bond donors (Lipinski definition) is 0. The molecule has 1 atom stereocenters. The van der Waals surface area contributed by atoms with E-state index in [2.05, 4.69) is 121 Å². The highest BCUT2D eigenvalue weighted by Gasteiger charge is 2.38. The van der Waals surface area contributed by atoms with E-state index in [-0.39, 0.29) is 5.92 Å². The molecule has 0 saturated carbocycles. The van der Waals surface area contributed by atoms with E-state index >= 15 is 0 Å². The summed E-state index contributed by atoms with van der Waals surface area (Å²) in [4.78, 5) is 0. The average molecular weight is 577 g/mol. The molecule has 0 aliphatic rings. The molecule has 3 heteroatoms. The van der Waals surface area contributed by atoms with E-state index in [1.807, 2.05) is 36.4 Å². The van der Waals surface area contributed by atoms with Crippen molar-refractivity contribution < 1.29 is 14.2 Å². The van der Waals surface area contributed by atoms with Crippen LogP contribution in [0.5, 0.6) is 17.2 Å². The summed E-state index contributed by atoms with van der Waals surface area (Å²) in [5.41, 5.74) is 7.74. The van der Waals surface area contributed by atoms with E-state index in [0.717, 1.165) is 28.4 Å². The molecule has 0 aliphatic heterocycles. The second-order valence-electron chi connectivity index (χ2n) is 10.8. The van der Waals surface area contributed by atoms with Crippen LogP contribution in [0.2, 0.25) is 0 Å². The monoisotopic (exact) mass is 576 g/mol. The number of benzene rings is 6. The van der Waals surface area contributed by atoms with Crippen LogP contribution in [-0.4, -0.2) is 21.3 Å². The molecular formula is C41H36O3. The first-order valence-corrected chi connectivity index (χ1v) is 14.8. The van der Waals surface area contributed by atoms with Crippen molar-refractivity contribution in [2.45, 2.75) is 11.3 Å². The van der Waals surface area contributed by atoms with Gasteiger partial charge in [0, 0.05) is 5.92 Å². The van der Waals surface area contributed by atoms with Gasteiger partial charge in [0.2, 0.25) is 0 Å². The van der Waals surface area contributed by atoms with Crippen LogP contribution in [0.25, 0.3) is 0 Å². The highest BCUT2D eigenvalue weighted by molar-refractivity contribution is 5.61. The van der Waals surface area contributed by atoms with Gasteiger partial charge in [-0.05, 0) is 75.3 Å². The maximum absolute atomic E-state index is 5.55. The van der Waals surface area contributed by atoms with Crippen molar-refractivity contribution in [1.82, 2.24) is 0 Å². The highest BCUT2D eigenvalue weighted by atomic mass is 16.5. The Morgan fingerprint density at radius 3 is 1.05 bits per heavy atom. The van der Waals surface area contributed by atoms with Gasteiger partial charge in [-0.15, -0.1) is 0 Å². The maximum Gasteiger partial charge on any atom is 0.118 e. The summed E-state index contributed by atoms with van der Waals surface area (Å²) in [5.74, 6) is 2.57. The summed E-state index contributed by atoms with van der Waals surface area (Å²) < 4.78 is 16.5. The fourth-order valence-corrected chi connectivity index (χ4v) is 6.31. The quantitative estimate of drug-likeness (QED) is 0.152. The molecule has 6 aromatic carbocycles. The van der Waals surface area contributed by atoms with Gasteiger partial charge in [0.25, 0.3) is 0 Å². The Balaban J connectivity index is 1.56. The topological polar surface area (TPSA) is 27.7 Å². The van der Waals surface area contributed by atoms with Gasteiger partial charge < -0.3 is 14.2 Å². The molecule has 218 valence electrons. The second kappa shape index (κ2) is 12.9. The van der Waals surface area contributed by atoms with Crippen molar-refractivity contribution in [3.63, 3.8) is 0 Å². The van der Waals surface area contributed by atoms with Crippen LogP contribution in [0.4, 0.5) is 0 Å². The van der Waals surface area contributed by atoms with Gasteiger partial charge in [0.1, 0.15) is 17.2 Å². The zero-order valence-corrected chi connectivity index (χ0v) is 25.3. The van der Waals surface area contributed by atoms with E-state index in [9.17, 15) is 0 Å². The molecule has 0 aromatic heterocycles. The van der Waals surface area contributed by atoms with Crippen LogP contribution in [0.1, 0.15) is 44.9 Å². The van der Waals surface area contributed by atoms with E-state index in [1.54, 1.807) is 21.3 Å². The van der Waals surface area contributed by atoms with Crippen molar-refractivity contribution in [3.8, 4) is 17.2 Å². The lowest BCUT2D eigenvalue weighted by Gasteiger charge is -2.37. The fraction of sp³-hybridized carbons (Fsp3) is 0.122.